The third-order valence-electron chi connectivity index (χ3n) is 5.02. The summed E-state index contributed by atoms with van der Waals surface area (Å²) in [6, 6.07) is 12.2. The average molecular weight is 459 g/mol. The molecule has 0 saturated heterocycles. The zero-order valence-electron chi connectivity index (χ0n) is 18.0. The van der Waals surface area contributed by atoms with Gasteiger partial charge in [-0.15, -0.1) is 11.3 Å². The van der Waals surface area contributed by atoms with Gasteiger partial charge in [-0.3, -0.25) is 9.59 Å². The minimum atomic E-state index is -1.02. The molecule has 3 aromatic rings. The summed E-state index contributed by atoms with van der Waals surface area (Å²) in [5, 5.41) is 11.0. The normalized spacial score (nSPS) is 13.1. The van der Waals surface area contributed by atoms with Gasteiger partial charge in [0.2, 0.25) is 0 Å². The van der Waals surface area contributed by atoms with Crippen molar-refractivity contribution in [3.05, 3.63) is 58.3 Å². The molecule has 0 radical (unpaired) electrons. The van der Waals surface area contributed by atoms with Crippen LogP contribution in [0.15, 0.2) is 47.3 Å². The molecule has 0 fully saturated rings. The van der Waals surface area contributed by atoms with Gasteiger partial charge in [-0.05, 0) is 36.8 Å². The van der Waals surface area contributed by atoms with Gasteiger partial charge in [-0.25, -0.2) is 4.79 Å². The summed E-state index contributed by atoms with van der Waals surface area (Å²) in [6.07, 6.45) is -0.320. The first-order chi connectivity index (χ1) is 15.4. The summed E-state index contributed by atoms with van der Waals surface area (Å²) in [5.41, 5.74) is 0.105. The Morgan fingerprint density at radius 1 is 1.00 bits per heavy atom. The largest absolute Gasteiger partial charge is 0.463 e. The fourth-order valence-electron chi connectivity index (χ4n) is 2.96. The molecule has 2 unspecified atom stereocenters. The number of hydrogen-bond donors (Lipinski definition) is 1. The number of esters is 2. The van der Waals surface area contributed by atoms with Crippen molar-refractivity contribution in [2.24, 2.45) is 5.92 Å². The molecule has 0 bridgehead atoms. The molecule has 7 nitrogen and oxygen atoms in total. The van der Waals surface area contributed by atoms with Crippen LogP contribution in [0, 0.1) is 5.92 Å². The maximum Gasteiger partial charge on any atom is 0.338 e. The number of aliphatic hydroxyl groups excluding tert-OH is 1. The van der Waals surface area contributed by atoms with Crippen LogP contribution in [0.25, 0.3) is 20.2 Å². The summed E-state index contributed by atoms with van der Waals surface area (Å²) in [6.45, 7) is 3.61. The van der Waals surface area contributed by atoms with E-state index in [1.54, 1.807) is 31.2 Å². The van der Waals surface area contributed by atoms with E-state index in [2.05, 4.69) is 0 Å². The lowest BCUT2D eigenvalue weighted by Crippen LogP contribution is -2.25. The summed E-state index contributed by atoms with van der Waals surface area (Å²) < 4.78 is 17.1. The first kappa shape index (κ1) is 23.8. The summed E-state index contributed by atoms with van der Waals surface area (Å²) >= 11 is 1.48. The standard InChI is InChI=1S/C24H26O7S/c1-3-15(2)23(27)30-11-10-29-13-17(25)14-31-24(28)16-8-9-21-19(12-16)22(26)18-6-4-5-7-20(18)32-21/h4-9,12,15,17,25H,3,10-11,13-14H2,1-2H3. The first-order valence-corrected chi connectivity index (χ1v) is 11.3. The van der Waals surface area contributed by atoms with Gasteiger partial charge in [0, 0.05) is 20.2 Å². The lowest BCUT2D eigenvalue weighted by atomic mass is 10.1. The second-order valence-electron chi connectivity index (χ2n) is 7.44. The highest BCUT2D eigenvalue weighted by atomic mass is 32.1. The fraction of sp³-hybridized carbons (Fsp3) is 0.375. The Labute approximate surface area is 189 Å². The second kappa shape index (κ2) is 11.2. The van der Waals surface area contributed by atoms with E-state index in [1.165, 1.54) is 17.4 Å². The van der Waals surface area contributed by atoms with Crippen LogP contribution in [0.3, 0.4) is 0 Å². The summed E-state index contributed by atoms with van der Waals surface area (Å²) in [5.74, 6) is -1.07. The minimum absolute atomic E-state index is 0.0652. The molecule has 32 heavy (non-hydrogen) atoms. The molecule has 1 aromatic heterocycles. The highest BCUT2D eigenvalue weighted by molar-refractivity contribution is 7.24. The molecule has 0 aliphatic rings. The van der Waals surface area contributed by atoms with E-state index in [-0.39, 0.29) is 49.3 Å². The minimum Gasteiger partial charge on any atom is -0.463 e. The summed E-state index contributed by atoms with van der Waals surface area (Å²) in [7, 11) is 0. The van der Waals surface area contributed by atoms with E-state index >= 15 is 0 Å². The van der Waals surface area contributed by atoms with Gasteiger partial charge in [0.1, 0.15) is 19.3 Å². The van der Waals surface area contributed by atoms with E-state index in [4.69, 9.17) is 14.2 Å². The molecule has 0 spiro atoms. The van der Waals surface area contributed by atoms with Crippen LogP contribution >= 0.6 is 11.3 Å². The predicted molar refractivity (Wildman–Crippen MR) is 123 cm³/mol. The molecule has 0 saturated carbocycles. The molecule has 1 N–H and O–H groups in total. The smallest absolute Gasteiger partial charge is 0.338 e. The van der Waals surface area contributed by atoms with Crippen molar-refractivity contribution in [3.8, 4) is 0 Å². The predicted octanol–water partition coefficient (Wildman–Crippen LogP) is 3.54. The van der Waals surface area contributed by atoms with E-state index in [0.29, 0.717) is 17.2 Å². The Bertz CT molecular complexity index is 1150. The van der Waals surface area contributed by atoms with Crippen LogP contribution in [-0.2, 0) is 19.0 Å². The monoisotopic (exact) mass is 458 g/mol. The number of hydrogen-bond acceptors (Lipinski definition) is 8. The molecule has 1 heterocycles. The van der Waals surface area contributed by atoms with Crippen LogP contribution in [0.1, 0.15) is 30.6 Å². The second-order valence-corrected chi connectivity index (χ2v) is 8.53. The van der Waals surface area contributed by atoms with Crippen molar-refractivity contribution in [2.45, 2.75) is 26.4 Å². The van der Waals surface area contributed by atoms with E-state index in [1.807, 2.05) is 19.1 Å². The van der Waals surface area contributed by atoms with Gasteiger partial charge in [0.25, 0.3) is 0 Å². The lowest BCUT2D eigenvalue weighted by Gasteiger charge is -2.13. The average Bonchev–Trinajstić information content (AvgIpc) is 2.81. The Hall–Kier alpha value is -2.81. The van der Waals surface area contributed by atoms with Crippen molar-refractivity contribution >= 4 is 43.4 Å². The lowest BCUT2D eigenvalue weighted by molar-refractivity contribution is -0.149. The Kier molecular flexibility index (Phi) is 8.33. The molecular weight excluding hydrogens is 432 g/mol. The van der Waals surface area contributed by atoms with Gasteiger partial charge in [-0.1, -0.05) is 26.0 Å². The topological polar surface area (TPSA) is 99.1 Å². The third kappa shape index (κ3) is 5.91. The molecule has 3 rings (SSSR count). The van der Waals surface area contributed by atoms with Crippen LogP contribution in [0.2, 0.25) is 0 Å². The first-order valence-electron chi connectivity index (χ1n) is 10.5. The molecule has 2 atom stereocenters. The maximum atomic E-state index is 12.8. The van der Waals surface area contributed by atoms with Gasteiger partial charge in [-0.2, -0.15) is 0 Å². The highest BCUT2D eigenvalue weighted by Crippen LogP contribution is 2.25. The van der Waals surface area contributed by atoms with Gasteiger partial charge in [0.15, 0.2) is 5.43 Å². The van der Waals surface area contributed by atoms with E-state index in [0.717, 1.165) is 9.40 Å². The SMILES string of the molecule is CCC(C)C(=O)OCCOCC(O)COC(=O)c1ccc2sc3ccccc3c(=O)c2c1. The van der Waals surface area contributed by atoms with Crippen LogP contribution < -0.4 is 5.43 Å². The van der Waals surface area contributed by atoms with Gasteiger partial charge in [0.05, 0.1) is 24.7 Å². The van der Waals surface area contributed by atoms with Gasteiger partial charge < -0.3 is 19.3 Å². The fourth-order valence-corrected chi connectivity index (χ4v) is 4.01. The van der Waals surface area contributed by atoms with Gasteiger partial charge >= 0.3 is 11.9 Å². The number of carbonyl (C=O) groups excluding carboxylic acids is 2. The van der Waals surface area contributed by atoms with Crippen molar-refractivity contribution in [1.29, 1.82) is 0 Å². The molecule has 0 aliphatic heterocycles. The molecule has 2 aromatic carbocycles. The number of fused-ring (bicyclic) bond motifs is 2. The zero-order valence-corrected chi connectivity index (χ0v) is 18.9. The summed E-state index contributed by atoms with van der Waals surface area (Å²) in [4.78, 5) is 36.7. The number of aliphatic hydroxyl groups is 1. The number of carbonyl (C=O) groups is 2. The van der Waals surface area contributed by atoms with Crippen LogP contribution in [-0.4, -0.2) is 49.6 Å². The maximum absolute atomic E-state index is 12.8. The Morgan fingerprint density at radius 3 is 2.53 bits per heavy atom. The molecule has 0 amide bonds. The third-order valence-corrected chi connectivity index (χ3v) is 6.17. The number of ether oxygens (including phenoxy) is 3. The molecule has 8 heteroatoms. The Morgan fingerprint density at radius 2 is 1.75 bits per heavy atom. The highest BCUT2D eigenvalue weighted by Gasteiger charge is 2.15. The quantitative estimate of drug-likeness (QED) is 0.282. The van der Waals surface area contributed by atoms with E-state index < -0.39 is 12.1 Å². The number of rotatable bonds is 10. The molecule has 0 aliphatic carbocycles. The van der Waals surface area contributed by atoms with Crippen molar-refractivity contribution in [1.82, 2.24) is 0 Å². The van der Waals surface area contributed by atoms with Crippen LogP contribution in [0.4, 0.5) is 0 Å². The molecule has 170 valence electrons. The van der Waals surface area contributed by atoms with Crippen LogP contribution in [0.5, 0.6) is 0 Å². The van der Waals surface area contributed by atoms with Crippen molar-refractivity contribution in [3.63, 3.8) is 0 Å². The van der Waals surface area contributed by atoms with E-state index in [9.17, 15) is 19.5 Å². The number of benzene rings is 2. The zero-order chi connectivity index (χ0) is 23.1. The van der Waals surface area contributed by atoms with Crippen molar-refractivity contribution < 1.29 is 28.9 Å². The molecular formula is C24H26O7S. The Balaban J connectivity index is 1.50. The van der Waals surface area contributed by atoms with Crippen molar-refractivity contribution in [2.75, 3.05) is 26.4 Å².